The molecule has 0 atom stereocenters. The maximum atomic E-state index is 12.6. The van der Waals surface area contributed by atoms with Crippen molar-refractivity contribution in [3.8, 4) is 0 Å². The molecule has 0 unspecified atom stereocenters. The van der Waals surface area contributed by atoms with Gasteiger partial charge in [-0.1, -0.05) is 29.8 Å². The minimum atomic E-state index is -3.57. The predicted molar refractivity (Wildman–Crippen MR) is 113 cm³/mol. The van der Waals surface area contributed by atoms with Crippen LogP contribution in [0.3, 0.4) is 0 Å². The monoisotopic (exact) mass is 429 g/mol. The van der Waals surface area contributed by atoms with Gasteiger partial charge in [0.1, 0.15) is 5.82 Å². The van der Waals surface area contributed by atoms with Gasteiger partial charge in [-0.3, -0.25) is 0 Å². The largest absolute Gasteiger partial charge is 0.353 e. The summed E-state index contributed by atoms with van der Waals surface area (Å²) in [5.74, 6) is 1.50. The summed E-state index contributed by atoms with van der Waals surface area (Å²) in [5, 5.41) is 8.69. The molecular weight excluding hydrogens is 410 g/mol. The molecule has 2 aromatic heterocycles. The smallest absolute Gasteiger partial charge is 0.201 e. The Hall–Kier alpha value is -2.71. The number of piperazine rings is 1. The molecule has 3 aromatic rings. The molecule has 3 heterocycles. The van der Waals surface area contributed by atoms with Crippen LogP contribution in [-0.2, 0) is 15.6 Å². The van der Waals surface area contributed by atoms with E-state index in [1.54, 1.807) is 36.5 Å². The average Bonchev–Trinajstić information content (AvgIpc) is 2.76. The maximum Gasteiger partial charge on any atom is 0.201 e. The highest BCUT2D eigenvalue weighted by Gasteiger charge is 2.21. The van der Waals surface area contributed by atoms with Crippen molar-refractivity contribution in [2.45, 2.75) is 10.8 Å². The number of hydrogen-bond acceptors (Lipinski definition) is 7. The summed E-state index contributed by atoms with van der Waals surface area (Å²) >= 11 is 5.85. The van der Waals surface area contributed by atoms with Gasteiger partial charge in [-0.05, 0) is 42.0 Å². The molecule has 1 fully saturated rings. The Balaban J connectivity index is 1.41. The van der Waals surface area contributed by atoms with Crippen LogP contribution < -0.4 is 9.80 Å². The van der Waals surface area contributed by atoms with E-state index in [2.05, 4.69) is 25.0 Å². The Labute approximate surface area is 174 Å². The van der Waals surface area contributed by atoms with Gasteiger partial charge < -0.3 is 9.80 Å². The van der Waals surface area contributed by atoms with Gasteiger partial charge in [0.2, 0.25) is 9.84 Å². The van der Waals surface area contributed by atoms with Gasteiger partial charge in [0.05, 0.1) is 5.75 Å². The topological polar surface area (TPSA) is 79.3 Å². The highest BCUT2D eigenvalue weighted by molar-refractivity contribution is 7.90. The number of rotatable bonds is 5. The zero-order chi connectivity index (χ0) is 20.3. The third kappa shape index (κ3) is 4.65. The normalized spacial score (nSPS) is 14.8. The molecule has 29 heavy (non-hydrogen) atoms. The second-order valence-electron chi connectivity index (χ2n) is 6.78. The average molecular weight is 430 g/mol. The lowest BCUT2D eigenvalue weighted by molar-refractivity contribution is 0.588. The van der Waals surface area contributed by atoms with Gasteiger partial charge in [-0.25, -0.2) is 13.4 Å². The lowest BCUT2D eigenvalue weighted by Crippen LogP contribution is -2.47. The van der Waals surface area contributed by atoms with Gasteiger partial charge in [0, 0.05) is 37.4 Å². The van der Waals surface area contributed by atoms with Crippen molar-refractivity contribution in [3.63, 3.8) is 0 Å². The van der Waals surface area contributed by atoms with Gasteiger partial charge >= 0.3 is 0 Å². The number of anilines is 2. The minimum absolute atomic E-state index is 0.0247. The first-order valence-corrected chi connectivity index (χ1v) is 11.3. The Morgan fingerprint density at radius 2 is 1.52 bits per heavy atom. The van der Waals surface area contributed by atoms with E-state index in [1.165, 1.54) is 6.07 Å². The van der Waals surface area contributed by atoms with Crippen molar-refractivity contribution < 1.29 is 8.42 Å². The number of aromatic nitrogens is 3. The molecule has 150 valence electrons. The molecule has 0 saturated carbocycles. The minimum Gasteiger partial charge on any atom is -0.353 e. The summed E-state index contributed by atoms with van der Waals surface area (Å²) < 4.78 is 25.2. The Kier molecular flexibility index (Phi) is 5.64. The summed E-state index contributed by atoms with van der Waals surface area (Å²) in [6.45, 7) is 3.16. The van der Waals surface area contributed by atoms with Crippen LogP contribution in [0.25, 0.3) is 0 Å². The van der Waals surface area contributed by atoms with Crippen molar-refractivity contribution in [3.05, 3.63) is 71.4 Å². The summed E-state index contributed by atoms with van der Waals surface area (Å²) in [4.78, 5) is 8.70. The molecule has 7 nitrogen and oxygen atoms in total. The van der Waals surface area contributed by atoms with Crippen LogP contribution in [0.5, 0.6) is 0 Å². The van der Waals surface area contributed by atoms with Crippen LogP contribution in [0.15, 0.2) is 65.8 Å². The Morgan fingerprint density at radius 3 is 2.10 bits per heavy atom. The maximum absolute atomic E-state index is 12.6. The first-order chi connectivity index (χ1) is 14.0. The molecular formula is C20H20ClN5O2S. The molecule has 0 radical (unpaired) electrons. The number of sulfone groups is 1. The summed E-state index contributed by atoms with van der Waals surface area (Å²) in [6.07, 6.45) is 1.79. The Bertz CT molecular complexity index is 1050. The summed E-state index contributed by atoms with van der Waals surface area (Å²) in [7, 11) is -3.57. The van der Waals surface area contributed by atoms with E-state index in [0.717, 1.165) is 32.0 Å². The molecule has 1 saturated heterocycles. The second kappa shape index (κ2) is 8.34. The fourth-order valence-electron chi connectivity index (χ4n) is 3.23. The van der Waals surface area contributed by atoms with E-state index in [9.17, 15) is 8.42 Å². The van der Waals surface area contributed by atoms with Crippen LogP contribution in [0.1, 0.15) is 5.56 Å². The van der Waals surface area contributed by atoms with Gasteiger partial charge in [0.25, 0.3) is 0 Å². The highest BCUT2D eigenvalue weighted by Crippen LogP contribution is 2.20. The fourth-order valence-corrected chi connectivity index (χ4v) is 4.57. The lowest BCUT2D eigenvalue weighted by atomic mass is 10.2. The molecule has 1 aliphatic heterocycles. The molecule has 9 heteroatoms. The number of halogens is 1. The van der Waals surface area contributed by atoms with E-state index in [-0.39, 0.29) is 10.8 Å². The van der Waals surface area contributed by atoms with Crippen molar-refractivity contribution in [1.82, 2.24) is 15.2 Å². The fraction of sp³-hybridized carbons (Fsp3) is 0.250. The standard InChI is InChI=1S/C20H20ClN5O2S/c21-17-6-4-16(5-7-17)15-29(27,28)20-9-8-19(23-24-20)26-13-11-25(12-14-26)18-3-1-2-10-22-18/h1-10H,11-15H2. The number of nitrogens with zero attached hydrogens (tertiary/aromatic N) is 5. The van der Waals surface area contributed by atoms with Crippen LogP contribution in [-0.4, -0.2) is 49.8 Å². The van der Waals surface area contributed by atoms with Crippen molar-refractivity contribution in [2.24, 2.45) is 0 Å². The second-order valence-corrected chi connectivity index (χ2v) is 9.15. The van der Waals surface area contributed by atoms with Crippen molar-refractivity contribution >= 4 is 33.1 Å². The van der Waals surface area contributed by atoms with E-state index >= 15 is 0 Å². The SMILES string of the molecule is O=S(=O)(Cc1ccc(Cl)cc1)c1ccc(N2CCN(c3ccccn3)CC2)nn1. The van der Waals surface area contributed by atoms with E-state index in [4.69, 9.17) is 11.6 Å². The molecule has 4 rings (SSSR count). The van der Waals surface area contributed by atoms with Crippen LogP contribution in [0.4, 0.5) is 11.6 Å². The summed E-state index contributed by atoms with van der Waals surface area (Å²) in [6, 6.07) is 15.9. The molecule has 0 N–H and O–H groups in total. The zero-order valence-electron chi connectivity index (χ0n) is 15.6. The molecule has 1 aromatic carbocycles. The quantitative estimate of drug-likeness (QED) is 0.617. The van der Waals surface area contributed by atoms with Crippen molar-refractivity contribution in [2.75, 3.05) is 36.0 Å². The van der Waals surface area contributed by atoms with Crippen LogP contribution in [0, 0.1) is 0 Å². The van der Waals surface area contributed by atoms with Gasteiger partial charge in [-0.2, -0.15) is 0 Å². The number of benzene rings is 1. The summed E-state index contributed by atoms with van der Waals surface area (Å²) in [5.41, 5.74) is 0.658. The lowest BCUT2D eigenvalue weighted by Gasteiger charge is -2.35. The number of pyridine rings is 1. The predicted octanol–water partition coefficient (Wildman–Crippen LogP) is 2.83. The molecule has 0 amide bonds. The molecule has 0 bridgehead atoms. The molecule has 1 aliphatic rings. The van der Waals surface area contributed by atoms with E-state index < -0.39 is 9.84 Å². The highest BCUT2D eigenvalue weighted by atomic mass is 35.5. The van der Waals surface area contributed by atoms with Crippen molar-refractivity contribution in [1.29, 1.82) is 0 Å². The third-order valence-corrected chi connectivity index (χ3v) is 6.61. The van der Waals surface area contributed by atoms with Crippen LogP contribution in [0.2, 0.25) is 5.02 Å². The third-order valence-electron chi connectivity index (χ3n) is 4.79. The van der Waals surface area contributed by atoms with E-state index in [1.807, 2.05) is 18.2 Å². The van der Waals surface area contributed by atoms with E-state index in [0.29, 0.717) is 16.4 Å². The van der Waals surface area contributed by atoms with Gasteiger partial charge in [0.15, 0.2) is 10.8 Å². The Morgan fingerprint density at radius 1 is 0.828 bits per heavy atom. The molecule has 0 spiro atoms. The van der Waals surface area contributed by atoms with Crippen LogP contribution >= 0.6 is 11.6 Å². The zero-order valence-corrected chi connectivity index (χ0v) is 17.2. The van der Waals surface area contributed by atoms with Gasteiger partial charge in [-0.15, -0.1) is 10.2 Å². The first kappa shape index (κ1) is 19.6. The first-order valence-electron chi connectivity index (χ1n) is 9.23. The molecule has 0 aliphatic carbocycles. The number of hydrogen-bond donors (Lipinski definition) is 0.